The van der Waals surface area contributed by atoms with Crippen LogP contribution in [0.4, 0.5) is 0 Å². The zero-order valence-electron chi connectivity index (χ0n) is 13.3. The van der Waals surface area contributed by atoms with E-state index in [9.17, 15) is 4.79 Å². The number of hydrogen-bond acceptors (Lipinski definition) is 4. The van der Waals surface area contributed by atoms with Crippen LogP contribution in [-0.4, -0.2) is 19.2 Å². The molecule has 7 heteroatoms. The normalized spacial score (nSPS) is 11.4. The van der Waals surface area contributed by atoms with Gasteiger partial charge in [0, 0.05) is 11.8 Å². The van der Waals surface area contributed by atoms with Gasteiger partial charge in [0.2, 0.25) is 4.96 Å². The number of para-hydroxylation sites is 1. The number of benzene rings is 2. The average Bonchev–Trinajstić information content (AvgIpc) is 3.27. The molecule has 0 aliphatic carbocycles. The minimum atomic E-state index is -0.217. The molecule has 126 valence electrons. The second kappa shape index (κ2) is 5.79. The molecular formula is C19H11ClN4OS. The molecule has 0 saturated carbocycles. The van der Waals surface area contributed by atoms with E-state index >= 15 is 0 Å². The van der Waals surface area contributed by atoms with Gasteiger partial charge in [0.1, 0.15) is 10.7 Å². The molecule has 0 atom stereocenters. The first kappa shape index (κ1) is 15.3. The van der Waals surface area contributed by atoms with E-state index in [-0.39, 0.29) is 5.56 Å². The average molecular weight is 379 g/mol. The molecule has 5 aromatic rings. The Morgan fingerprint density at radius 3 is 2.69 bits per heavy atom. The fraction of sp³-hybridized carbons (Fsp3) is 0. The lowest BCUT2D eigenvalue weighted by atomic mass is 10.2. The number of rotatable bonds is 2. The lowest BCUT2D eigenvalue weighted by Crippen LogP contribution is -2.20. The topological polar surface area (TPSA) is 52.2 Å². The molecule has 26 heavy (non-hydrogen) atoms. The molecule has 0 fully saturated rings. The van der Waals surface area contributed by atoms with Crippen LogP contribution in [0.3, 0.4) is 0 Å². The van der Waals surface area contributed by atoms with Gasteiger partial charge in [0.15, 0.2) is 0 Å². The third kappa shape index (κ3) is 2.27. The summed E-state index contributed by atoms with van der Waals surface area (Å²) in [7, 11) is 0. The van der Waals surface area contributed by atoms with E-state index in [1.54, 1.807) is 12.3 Å². The predicted octanol–water partition coefficient (Wildman–Crippen LogP) is 4.42. The van der Waals surface area contributed by atoms with Crippen molar-refractivity contribution in [3.05, 3.63) is 82.4 Å². The lowest BCUT2D eigenvalue weighted by Gasteiger charge is -2.03. The Labute approximate surface area is 156 Å². The minimum Gasteiger partial charge on any atom is -0.310 e. The molecular weight excluding hydrogens is 368 g/mol. The summed E-state index contributed by atoms with van der Waals surface area (Å²) in [5.41, 5.74) is 1.98. The van der Waals surface area contributed by atoms with Crippen molar-refractivity contribution in [1.82, 2.24) is 19.2 Å². The molecule has 0 aliphatic rings. The third-order valence-corrected chi connectivity index (χ3v) is 5.52. The van der Waals surface area contributed by atoms with E-state index in [0.29, 0.717) is 20.7 Å². The van der Waals surface area contributed by atoms with Crippen LogP contribution in [0.1, 0.15) is 0 Å². The van der Waals surface area contributed by atoms with Crippen LogP contribution >= 0.6 is 22.9 Å². The van der Waals surface area contributed by atoms with Gasteiger partial charge in [-0.2, -0.15) is 9.61 Å². The van der Waals surface area contributed by atoms with Crippen molar-refractivity contribution >= 4 is 38.8 Å². The first-order valence-corrected chi connectivity index (χ1v) is 9.12. The Morgan fingerprint density at radius 1 is 1.00 bits per heavy atom. The maximum Gasteiger partial charge on any atom is 0.299 e. The second-order valence-electron chi connectivity index (χ2n) is 5.77. The summed E-state index contributed by atoms with van der Waals surface area (Å²) in [6.07, 6.45) is 3.47. The summed E-state index contributed by atoms with van der Waals surface area (Å²) in [6.45, 7) is 0. The highest BCUT2D eigenvalue weighted by Crippen LogP contribution is 2.30. The highest BCUT2D eigenvalue weighted by molar-refractivity contribution is 7.19. The largest absolute Gasteiger partial charge is 0.310 e. The van der Waals surface area contributed by atoms with E-state index in [1.165, 1.54) is 15.9 Å². The van der Waals surface area contributed by atoms with E-state index in [0.717, 1.165) is 16.5 Å². The summed E-state index contributed by atoms with van der Waals surface area (Å²) >= 11 is 7.59. The molecule has 5 nitrogen and oxygen atoms in total. The summed E-state index contributed by atoms with van der Waals surface area (Å²) in [6, 6.07) is 17.3. The first-order chi connectivity index (χ1) is 12.7. The van der Waals surface area contributed by atoms with Gasteiger partial charge in [0.25, 0.3) is 5.56 Å². The quantitative estimate of drug-likeness (QED) is 0.457. The van der Waals surface area contributed by atoms with E-state index < -0.39 is 0 Å². The SMILES string of the molecule is O=c1c(-n2ccc3ccccc32)cnc2sc(-c3ccccc3Cl)nn12. The number of nitrogens with zero attached hydrogens (tertiary/aromatic N) is 4. The number of fused-ring (bicyclic) bond motifs is 2. The Hall–Kier alpha value is -2.96. The predicted molar refractivity (Wildman–Crippen MR) is 104 cm³/mol. The molecule has 0 amide bonds. The highest BCUT2D eigenvalue weighted by Gasteiger charge is 2.15. The van der Waals surface area contributed by atoms with Crippen LogP contribution in [0, 0.1) is 0 Å². The van der Waals surface area contributed by atoms with Crippen molar-refractivity contribution in [2.75, 3.05) is 0 Å². The fourth-order valence-electron chi connectivity index (χ4n) is 2.98. The van der Waals surface area contributed by atoms with Crippen LogP contribution in [0.5, 0.6) is 0 Å². The zero-order chi connectivity index (χ0) is 17.7. The number of hydrogen-bond donors (Lipinski definition) is 0. The molecule has 0 unspecified atom stereocenters. The molecule has 0 N–H and O–H groups in total. The van der Waals surface area contributed by atoms with Gasteiger partial charge in [-0.05, 0) is 23.6 Å². The van der Waals surface area contributed by atoms with Crippen LogP contribution in [0.25, 0.3) is 32.1 Å². The van der Waals surface area contributed by atoms with E-state index in [1.807, 2.05) is 59.3 Å². The van der Waals surface area contributed by atoms with Crippen LogP contribution in [0.15, 0.2) is 71.8 Å². The van der Waals surface area contributed by atoms with Crippen molar-refractivity contribution < 1.29 is 0 Å². The Bertz CT molecular complexity index is 1330. The van der Waals surface area contributed by atoms with Gasteiger partial charge in [-0.15, -0.1) is 0 Å². The van der Waals surface area contributed by atoms with Crippen molar-refractivity contribution in [3.63, 3.8) is 0 Å². The molecule has 0 radical (unpaired) electrons. The van der Waals surface area contributed by atoms with Crippen LogP contribution in [0.2, 0.25) is 5.02 Å². The minimum absolute atomic E-state index is 0.217. The van der Waals surface area contributed by atoms with Gasteiger partial charge < -0.3 is 4.57 Å². The van der Waals surface area contributed by atoms with Crippen molar-refractivity contribution in [3.8, 4) is 16.3 Å². The lowest BCUT2D eigenvalue weighted by molar-refractivity contribution is 0.879. The molecule has 0 saturated heterocycles. The van der Waals surface area contributed by atoms with Crippen molar-refractivity contribution in [2.45, 2.75) is 0 Å². The molecule has 0 aliphatic heterocycles. The Kier molecular flexibility index (Phi) is 3.41. The summed E-state index contributed by atoms with van der Waals surface area (Å²) in [5, 5.41) is 6.77. The first-order valence-electron chi connectivity index (χ1n) is 7.92. The Morgan fingerprint density at radius 2 is 1.81 bits per heavy atom. The van der Waals surface area contributed by atoms with Gasteiger partial charge in [-0.1, -0.05) is 59.3 Å². The monoisotopic (exact) mass is 378 g/mol. The van der Waals surface area contributed by atoms with E-state index in [4.69, 9.17) is 11.6 Å². The molecule has 2 aromatic carbocycles. The fourth-order valence-corrected chi connectivity index (χ4v) is 4.16. The molecule has 0 spiro atoms. The zero-order valence-corrected chi connectivity index (χ0v) is 14.9. The number of aromatic nitrogens is 4. The number of halogens is 1. The van der Waals surface area contributed by atoms with Crippen LogP contribution < -0.4 is 5.56 Å². The molecule has 0 bridgehead atoms. The standard InChI is InChI=1S/C19H11ClN4OS/c20-14-7-3-2-6-13(14)17-22-24-18(25)16(11-21-19(24)26-17)23-10-9-12-5-1-4-8-15(12)23/h1-11H. The van der Waals surface area contributed by atoms with Gasteiger partial charge in [0.05, 0.1) is 16.7 Å². The molecule has 5 rings (SSSR count). The van der Waals surface area contributed by atoms with E-state index in [2.05, 4.69) is 10.1 Å². The highest BCUT2D eigenvalue weighted by atomic mass is 35.5. The third-order valence-electron chi connectivity index (χ3n) is 4.23. The Balaban J connectivity index is 1.73. The summed E-state index contributed by atoms with van der Waals surface area (Å²) < 4.78 is 3.18. The van der Waals surface area contributed by atoms with Crippen LogP contribution in [-0.2, 0) is 0 Å². The van der Waals surface area contributed by atoms with Gasteiger partial charge in [-0.3, -0.25) is 4.79 Å². The smallest absolute Gasteiger partial charge is 0.299 e. The maximum atomic E-state index is 13.0. The van der Waals surface area contributed by atoms with Crippen molar-refractivity contribution in [1.29, 1.82) is 0 Å². The van der Waals surface area contributed by atoms with Crippen molar-refractivity contribution in [2.24, 2.45) is 0 Å². The van der Waals surface area contributed by atoms with Gasteiger partial charge in [-0.25, -0.2) is 4.98 Å². The molecule has 3 heterocycles. The summed E-state index contributed by atoms with van der Waals surface area (Å²) in [5.74, 6) is 0. The molecule has 3 aromatic heterocycles. The van der Waals surface area contributed by atoms with Gasteiger partial charge >= 0.3 is 0 Å². The summed E-state index contributed by atoms with van der Waals surface area (Å²) in [4.78, 5) is 18.0. The second-order valence-corrected chi connectivity index (χ2v) is 7.14. The maximum absolute atomic E-state index is 13.0.